The first-order valence-electron chi connectivity index (χ1n) is 5.54. The molecule has 0 radical (unpaired) electrons. The van der Waals surface area contributed by atoms with E-state index < -0.39 is 0 Å². The Kier molecular flexibility index (Phi) is 2.07. The normalized spacial score (nSPS) is 16.8. The van der Waals surface area contributed by atoms with E-state index in [4.69, 9.17) is 5.73 Å². The third kappa shape index (κ3) is 1.36. The molecule has 1 aliphatic rings. The highest BCUT2D eigenvalue weighted by Gasteiger charge is 2.27. The van der Waals surface area contributed by atoms with E-state index in [1.807, 2.05) is 17.6 Å². The molecule has 0 bridgehead atoms. The van der Waals surface area contributed by atoms with Gasteiger partial charge in [-0.05, 0) is 19.5 Å². The molecule has 84 valence electrons. The van der Waals surface area contributed by atoms with E-state index >= 15 is 0 Å². The Labute approximate surface area is 93.9 Å². The van der Waals surface area contributed by atoms with Crippen LogP contribution in [0.1, 0.15) is 5.69 Å². The molecule has 0 spiro atoms. The molecule has 2 aromatic heterocycles. The Morgan fingerprint density at radius 2 is 2.31 bits per heavy atom. The number of aryl methyl sites for hydroxylation is 1. The fourth-order valence-corrected chi connectivity index (χ4v) is 2.17. The molecule has 1 saturated heterocycles. The summed E-state index contributed by atoms with van der Waals surface area (Å²) in [6.07, 6.45) is 3.68. The quantitative estimate of drug-likeness (QED) is 0.792. The van der Waals surface area contributed by atoms with Gasteiger partial charge in [0, 0.05) is 31.4 Å². The number of aromatic nitrogens is 3. The molecule has 0 aliphatic carbocycles. The first-order valence-corrected chi connectivity index (χ1v) is 5.54. The average molecular weight is 217 g/mol. The lowest BCUT2D eigenvalue weighted by Crippen LogP contribution is -2.50. The van der Waals surface area contributed by atoms with Crippen LogP contribution in [-0.2, 0) is 0 Å². The zero-order valence-corrected chi connectivity index (χ0v) is 9.30. The summed E-state index contributed by atoms with van der Waals surface area (Å²) in [5.74, 6) is 1.64. The molecular weight excluding hydrogens is 202 g/mol. The minimum absolute atomic E-state index is 0.617. The van der Waals surface area contributed by atoms with Gasteiger partial charge in [-0.2, -0.15) is 5.10 Å². The highest BCUT2D eigenvalue weighted by molar-refractivity contribution is 5.69. The maximum Gasteiger partial charge on any atom is 0.154 e. The van der Waals surface area contributed by atoms with Crippen LogP contribution in [0.2, 0.25) is 0 Å². The molecule has 5 heteroatoms. The first-order chi connectivity index (χ1) is 7.78. The monoisotopic (exact) mass is 217 g/mol. The van der Waals surface area contributed by atoms with Crippen LogP contribution in [-0.4, -0.2) is 34.2 Å². The van der Waals surface area contributed by atoms with Gasteiger partial charge in [-0.25, -0.2) is 9.50 Å². The Bertz CT molecular complexity index is 512. The van der Waals surface area contributed by atoms with Gasteiger partial charge < -0.3 is 10.6 Å². The van der Waals surface area contributed by atoms with Gasteiger partial charge in [-0.1, -0.05) is 0 Å². The molecular formula is C11H15N5. The lowest BCUT2D eigenvalue weighted by atomic mass is 10.0. The summed E-state index contributed by atoms with van der Waals surface area (Å²) in [4.78, 5) is 6.69. The van der Waals surface area contributed by atoms with Crippen LogP contribution in [0.15, 0.2) is 18.5 Å². The molecule has 0 unspecified atom stereocenters. The van der Waals surface area contributed by atoms with Crippen LogP contribution >= 0.6 is 0 Å². The minimum Gasteiger partial charge on any atom is -0.354 e. The van der Waals surface area contributed by atoms with Crippen LogP contribution in [0, 0.1) is 12.8 Å². The number of anilines is 1. The van der Waals surface area contributed by atoms with Crippen molar-refractivity contribution in [1.29, 1.82) is 0 Å². The summed E-state index contributed by atoms with van der Waals surface area (Å²) < 4.78 is 1.88. The predicted molar refractivity (Wildman–Crippen MR) is 62.5 cm³/mol. The zero-order valence-electron chi connectivity index (χ0n) is 9.30. The molecule has 1 fully saturated rings. The topological polar surface area (TPSA) is 59.5 Å². The van der Waals surface area contributed by atoms with Crippen molar-refractivity contribution < 1.29 is 0 Å². The average Bonchev–Trinajstić information content (AvgIpc) is 2.57. The van der Waals surface area contributed by atoms with E-state index in [0.29, 0.717) is 5.92 Å². The van der Waals surface area contributed by atoms with E-state index in [2.05, 4.69) is 21.0 Å². The molecule has 0 saturated carbocycles. The summed E-state index contributed by atoms with van der Waals surface area (Å²) in [7, 11) is 0. The number of hydrogen-bond acceptors (Lipinski definition) is 4. The molecule has 2 aromatic rings. The molecule has 3 heterocycles. The SMILES string of the molecule is Cc1cc2c(N3CC(CN)C3)nccn2n1. The number of nitrogens with two attached hydrogens (primary N) is 1. The Morgan fingerprint density at radius 1 is 1.50 bits per heavy atom. The van der Waals surface area contributed by atoms with Crippen molar-refractivity contribution >= 4 is 11.3 Å². The zero-order chi connectivity index (χ0) is 11.1. The highest BCUT2D eigenvalue weighted by Crippen LogP contribution is 2.26. The largest absolute Gasteiger partial charge is 0.354 e. The van der Waals surface area contributed by atoms with Gasteiger partial charge in [0.2, 0.25) is 0 Å². The van der Waals surface area contributed by atoms with Crippen molar-refractivity contribution in [1.82, 2.24) is 14.6 Å². The van der Waals surface area contributed by atoms with Crippen molar-refractivity contribution in [3.8, 4) is 0 Å². The van der Waals surface area contributed by atoms with Gasteiger partial charge in [0.1, 0.15) is 5.52 Å². The van der Waals surface area contributed by atoms with Crippen LogP contribution in [0.4, 0.5) is 5.82 Å². The third-order valence-corrected chi connectivity index (χ3v) is 3.08. The molecule has 1 aliphatic heterocycles. The molecule has 2 N–H and O–H groups in total. The summed E-state index contributed by atoms with van der Waals surface area (Å²) in [6.45, 7) is 4.77. The summed E-state index contributed by atoms with van der Waals surface area (Å²) in [6, 6.07) is 2.07. The van der Waals surface area contributed by atoms with Crippen LogP contribution < -0.4 is 10.6 Å². The maximum atomic E-state index is 5.63. The first kappa shape index (κ1) is 9.59. The van der Waals surface area contributed by atoms with Crippen molar-refractivity contribution in [2.45, 2.75) is 6.92 Å². The number of hydrogen-bond donors (Lipinski definition) is 1. The van der Waals surface area contributed by atoms with Crippen molar-refractivity contribution in [3.05, 3.63) is 24.2 Å². The standard InChI is InChI=1S/C11H15N5/c1-8-4-10-11(13-2-3-16(10)14-8)15-6-9(5-12)7-15/h2-4,9H,5-7,12H2,1H3. The molecule has 3 rings (SSSR count). The predicted octanol–water partition coefficient (Wildman–Crippen LogP) is 0.433. The van der Waals surface area contributed by atoms with E-state index in [9.17, 15) is 0 Å². The molecule has 0 amide bonds. The van der Waals surface area contributed by atoms with Crippen molar-refractivity contribution in [2.75, 3.05) is 24.5 Å². The molecule has 0 aromatic carbocycles. The van der Waals surface area contributed by atoms with Crippen LogP contribution in [0.3, 0.4) is 0 Å². The van der Waals surface area contributed by atoms with E-state index in [1.54, 1.807) is 6.20 Å². The highest BCUT2D eigenvalue weighted by atomic mass is 15.3. The minimum atomic E-state index is 0.617. The lowest BCUT2D eigenvalue weighted by Gasteiger charge is -2.39. The van der Waals surface area contributed by atoms with Gasteiger partial charge in [0.15, 0.2) is 5.82 Å². The lowest BCUT2D eigenvalue weighted by molar-refractivity contribution is 0.417. The second-order valence-corrected chi connectivity index (χ2v) is 4.37. The van der Waals surface area contributed by atoms with Gasteiger partial charge in [0.25, 0.3) is 0 Å². The number of nitrogens with zero attached hydrogens (tertiary/aromatic N) is 4. The van der Waals surface area contributed by atoms with Crippen LogP contribution in [0.25, 0.3) is 5.52 Å². The van der Waals surface area contributed by atoms with Crippen molar-refractivity contribution in [2.24, 2.45) is 11.7 Å². The molecule has 0 atom stereocenters. The Balaban J connectivity index is 1.98. The van der Waals surface area contributed by atoms with Gasteiger partial charge in [-0.3, -0.25) is 0 Å². The molecule has 16 heavy (non-hydrogen) atoms. The van der Waals surface area contributed by atoms with E-state index in [-0.39, 0.29) is 0 Å². The third-order valence-electron chi connectivity index (χ3n) is 3.08. The Morgan fingerprint density at radius 3 is 3.06 bits per heavy atom. The summed E-state index contributed by atoms with van der Waals surface area (Å²) in [5, 5.41) is 4.38. The van der Waals surface area contributed by atoms with E-state index in [0.717, 1.165) is 36.7 Å². The summed E-state index contributed by atoms with van der Waals surface area (Å²) >= 11 is 0. The smallest absolute Gasteiger partial charge is 0.154 e. The molecule has 5 nitrogen and oxygen atoms in total. The maximum absolute atomic E-state index is 5.63. The second kappa shape index (κ2) is 3.45. The van der Waals surface area contributed by atoms with Gasteiger partial charge in [0.05, 0.1) is 5.69 Å². The number of rotatable bonds is 2. The number of fused-ring (bicyclic) bond motifs is 1. The van der Waals surface area contributed by atoms with Crippen LogP contribution in [0.5, 0.6) is 0 Å². The van der Waals surface area contributed by atoms with Gasteiger partial charge >= 0.3 is 0 Å². The fourth-order valence-electron chi connectivity index (χ4n) is 2.17. The van der Waals surface area contributed by atoms with Gasteiger partial charge in [-0.15, -0.1) is 0 Å². The Hall–Kier alpha value is -1.62. The summed E-state index contributed by atoms with van der Waals surface area (Å²) in [5.41, 5.74) is 7.72. The fraction of sp³-hybridized carbons (Fsp3) is 0.455. The second-order valence-electron chi connectivity index (χ2n) is 4.37. The van der Waals surface area contributed by atoms with E-state index in [1.165, 1.54) is 0 Å². The van der Waals surface area contributed by atoms with Crippen molar-refractivity contribution in [3.63, 3.8) is 0 Å².